The number of halogens is 1. The summed E-state index contributed by atoms with van der Waals surface area (Å²) in [5.74, 6) is 0.150. The molecule has 0 bridgehead atoms. The Kier molecular flexibility index (Phi) is 13.5. The number of nitrogens with zero attached hydrogens (tertiary/aromatic N) is 1. The van der Waals surface area contributed by atoms with Crippen LogP contribution >= 0.6 is 15.9 Å². The fourth-order valence-electron chi connectivity index (χ4n) is 2.62. The predicted octanol–water partition coefficient (Wildman–Crippen LogP) is 4.72. The molecule has 0 unspecified atom stereocenters. The van der Waals surface area contributed by atoms with Crippen molar-refractivity contribution >= 4 is 34.0 Å². The van der Waals surface area contributed by atoms with Crippen LogP contribution in [0.15, 0.2) is 40.4 Å². The summed E-state index contributed by atoms with van der Waals surface area (Å²) in [4.78, 5) is 23.6. The summed E-state index contributed by atoms with van der Waals surface area (Å²) in [7, 11) is 0. The Hall–Kier alpha value is -2.15. The zero-order valence-electron chi connectivity index (χ0n) is 17.2. The summed E-state index contributed by atoms with van der Waals surface area (Å²) >= 11 is 3.40. The van der Waals surface area contributed by atoms with Gasteiger partial charge in [0.15, 0.2) is 0 Å². The van der Waals surface area contributed by atoms with E-state index in [9.17, 15) is 9.59 Å². The Labute approximate surface area is 182 Å². The van der Waals surface area contributed by atoms with Crippen LogP contribution in [0.4, 0.5) is 0 Å². The smallest absolute Gasteiger partial charge is 0.259 e. The average molecular weight is 466 g/mol. The van der Waals surface area contributed by atoms with Crippen LogP contribution in [-0.2, 0) is 9.59 Å². The summed E-state index contributed by atoms with van der Waals surface area (Å²) in [6.07, 6.45) is 11.7. The molecule has 1 aromatic carbocycles. The van der Waals surface area contributed by atoms with E-state index in [1.54, 1.807) is 12.1 Å². The van der Waals surface area contributed by atoms with Crippen LogP contribution in [0.3, 0.4) is 0 Å². The molecular formula is C22H32BrN3O3. The molecule has 1 aromatic rings. The Morgan fingerprint density at radius 3 is 2.59 bits per heavy atom. The van der Waals surface area contributed by atoms with Gasteiger partial charge in [0.2, 0.25) is 5.91 Å². The van der Waals surface area contributed by atoms with Crippen molar-refractivity contribution in [1.82, 2.24) is 10.7 Å². The Morgan fingerprint density at radius 2 is 1.86 bits per heavy atom. The van der Waals surface area contributed by atoms with E-state index in [-0.39, 0.29) is 18.4 Å². The van der Waals surface area contributed by atoms with Crippen molar-refractivity contribution in [3.63, 3.8) is 0 Å². The highest BCUT2D eigenvalue weighted by Gasteiger charge is 2.06. The van der Waals surface area contributed by atoms with Gasteiger partial charge >= 0.3 is 0 Å². The second-order valence-corrected chi connectivity index (χ2v) is 7.64. The van der Waals surface area contributed by atoms with E-state index in [4.69, 9.17) is 4.74 Å². The first-order chi connectivity index (χ1) is 14.1. The zero-order chi connectivity index (χ0) is 21.3. The number of ether oxygens (including phenoxy) is 1. The van der Waals surface area contributed by atoms with Crippen LogP contribution in [0.1, 0.15) is 63.9 Å². The lowest BCUT2D eigenvalue weighted by molar-refractivity contribution is -0.126. The molecule has 0 fully saturated rings. The highest BCUT2D eigenvalue weighted by molar-refractivity contribution is 9.10. The van der Waals surface area contributed by atoms with Crippen molar-refractivity contribution in [3.8, 4) is 5.75 Å². The second-order valence-electron chi connectivity index (χ2n) is 6.72. The third-order valence-electron chi connectivity index (χ3n) is 4.17. The molecule has 0 spiro atoms. The SMILES string of the molecule is C=CCOc1ccc(Br)cc1/C=N/NC(=O)CNC(=O)CCCCCCCCC. The molecule has 2 N–H and O–H groups in total. The fourth-order valence-corrected chi connectivity index (χ4v) is 3.00. The zero-order valence-corrected chi connectivity index (χ0v) is 18.8. The third-order valence-corrected chi connectivity index (χ3v) is 4.67. The topological polar surface area (TPSA) is 79.8 Å². The monoisotopic (exact) mass is 465 g/mol. The van der Waals surface area contributed by atoms with Crippen LogP contribution in [0, 0.1) is 0 Å². The van der Waals surface area contributed by atoms with Gasteiger partial charge in [-0.05, 0) is 24.6 Å². The van der Waals surface area contributed by atoms with Gasteiger partial charge in [-0.2, -0.15) is 5.10 Å². The molecule has 6 nitrogen and oxygen atoms in total. The number of hydrogen-bond donors (Lipinski definition) is 2. The van der Waals surface area contributed by atoms with Crippen LogP contribution in [0.5, 0.6) is 5.75 Å². The third kappa shape index (κ3) is 12.1. The standard InChI is InChI=1S/C22H32BrN3O3/c1-3-5-6-7-8-9-10-11-21(27)24-17-22(28)26-25-16-18-15-19(23)12-13-20(18)29-14-4-2/h4,12-13,15-16H,2-3,5-11,14,17H2,1H3,(H,24,27)(H,26,28)/b25-16+. The van der Waals surface area contributed by atoms with Gasteiger partial charge in [0.05, 0.1) is 12.8 Å². The molecule has 0 atom stereocenters. The van der Waals surface area contributed by atoms with Gasteiger partial charge in [-0.15, -0.1) is 0 Å². The van der Waals surface area contributed by atoms with Gasteiger partial charge in [-0.25, -0.2) is 5.43 Å². The fraction of sp³-hybridized carbons (Fsp3) is 0.500. The van der Waals surface area contributed by atoms with Gasteiger partial charge in [0.25, 0.3) is 5.91 Å². The quantitative estimate of drug-likeness (QED) is 0.170. The van der Waals surface area contributed by atoms with E-state index in [1.807, 2.05) is 12.1 Å². The van der Waals surface area contributed by atoms with Crippen LogP contribution in [-0.4, -0.2) is 31.2 Å². The molecule has 0 saturated heterocycles. The van der Waals surface area contributed by atoms with E-state index in [0.717, 1.165) is 23.7 Å². The van der Waals surface area contributed by atoms with Crippen LogP contribution < -0.4 is 15.5 Å². The van der Waals surface area contributed by atoms with Crippen LogP contribution in [0.25, 0.3) is 0 Å². The summed E-state index contributed by atoms with van der Waals surface area (Å²) in [6.45, 7) is 6.10. The van der Waals surface area contributed by atoms with Crippen molar-refractivity contribution < 1.29 is 14.3 Å². The number of amides is 2. The molecule has 29 heavy (non-hydrogen) atoms. The molecule has 0 heterocycles. The maximum atomic E-state index is 11.8. The lowest BCUT2D eigenvalue weighted by Crippen LogP contribution is -2.34. The molecule has 0 aliphatic heterocycles. The Morgan fingerprint density at radius 1 is 1.14 bits per heavy atom. The number of unbranched alkanes of at least 4 members (excludes halogenated alkanes) is 6. The average Bonchev–Trinajstić information content (AvgIpc) is 2.71. The highest BCUT2D eigenvalue weighted by atomic mass is 79.9. The lowest BCUT2D eigenvalue weighted by atomic mass is 10.1. The minimum Gasteiger partial charge on any atom is -0.489 e. The summed E-state index contributed by atoms with van der Waals surface area (Å²) in [5, 5.41) is 6.56. The molecule has 1 rings (SSSR count). The maximum absolute atomic E-state index is 11.8. The van der Waals surface area contributed by atoms with Crippen molar-refractivity contribution in [2.24, 2.45) is 5.10 Å². The maximum Gasteiger partial charge on any atom is 0.259 e. The first-order valence-electron chi connectivity index (χ1n) is 10.2. The number of rotatable bonds is 15. The number of carbonyl (C=O) groups excluding carboxylic acids is 2. The molecule has 7 heteroatoms. The molecular weight excluding hydrogens is 434 g/mol. The first kappa shape index (κ1) is 24.9. The molecule has 0 aliphatic rings. The molecule has 0 radical (unpaired) electrons. The normalized spacial score (nSPS) is 10.7. The summed E-state index contributed by atoms with van der Waals surface area (Å²) < 4.78 is 6.42. The van der Waals surface area contributed by atoms with Gasteiger partial charge in [-0.3, -0.25) is 9.59 Å². The number of nitrogens with one attached hydrogen (secondary N) is 2. The van der Waals surface area contributed by atoms with Crippen molar-refractivity contribution in [2.45, 2.75) is 58.3 Å². The Balaban J connectivity index is 2.27. The van der Waals surface area contributed by atoms with Crippen molar-refractivity contribution in [3.05, 3.63) is 40.9 Å². The predicted molar refractivity (Wildman–Crippen MR) is 121 cm³/mol. The molecule has 0 aliphatic carbocycles. The second kappa shape index (κ2) is 15.7. The van der Waals surface area contributed by atoms with Gasteiger partial charge < -0.3 is 10.1 Å². The van der Waals surface area contributed by atoms with E-state index in [1.165, 1.54) is 31.9 Å². The van der Waals surface area contributed by atoms with E-state index in [2.05, 4.69) is 45.3 Å². The van der Waals surface area contributed by atoms with Gasteiger partial charge in [0, 0.05) is 16.5 Å². The Bertz CT molecular complexity index is 677. The lowest BCUT2D eigenvalue weighted by Gasteiger charge is -2.07. The highest BCUT2D eigenvalue weighted by Crippen LogP contribution is 2.21. The number of hydrazone groups is 1. The summed E-state index contributed by atoms with van der Waals surface area (Å²) in [5.41, 5.74) is 3.12. The first-order valence-corrected chi connectivity index (χ1v) is 11.0. The minimum absolute atomic E-state index is 0.0923. The van der Waals surface area contributed by atoms with E-state index >= 15 is 0 Å². The minimum atomic E-state index is -0.377. The largest absolute Gasteiger partial charge is 0.489 e. The van der Waals surface area contributed by atoms with Crippen LogP contribution in [0.2, 0.25) is 0 Å². The molecule has 160 valence electrons. The molecule has 0 saturated carbocycles. The number of carbonyl (C=O) groups is 2. The van der Waals surface area contributed by atoms with Crippen molar-refractivity contribution in [1.29, 1.82) is 0 Å². The molecule has 0 aromatic heterocycles. The van der Waals surface area contributed by atoms with Crippen molar-refractivity contribution in [2.75, 3.05) is 13.2 Å². The summed E-state index contributed by atoms with van der Waals surface area (Å²) in [6, 6.07) is 5.49. The van der Waals surface area contributed by atoms with Gasteiger partial charge in [0.1, 0.15) is 12.4 Å². The molecule has 2 amide bonds. The number of benzene rings is 1. The van der Waals surface area contributed by atoms with E-state index in [0.29, 0.717) is 24.3 Å². The van der Waals surface area contributed by atoms with E-state index < -0.39 is 0 Å². The van der Waals surface area contributed by atoms with Gasteiger partial charge in [-0.1, -0.05) is 74.0 Å². The number of hydrogen-bond acceptors (Lipinski definition) is 4.